The molecular weight excluding hydrogens is 104 g/mol. The summed E-state index contributed by atoms with van der Waals surface area (Å²) in [4.78, 5) is 8.12. The Morgan fingerprint density at radius 1 is 1.38 bits per heavy atom. The average Bonchev–Trinajstić information content (AvgIpc) is 1.83. The average molecular weight is 114 g/mol. The Balaban J connectivity index is 3.07. The summed E-state index contributed by atoms with van der Waals surface area (Å²) in [5, 5.41) is 0. The number of hydrogen-bond acceptors (Lipinski definition) is 2. The predicted octanol–water partition coefficient (Wildman–Crippen LogP) is 1.83. The minimum absolute atomic E-state index is 0.806. The molecule has 0 fully saturated rings. The summed E-state index contributed by atoms with van der Waals surface area (Å²) in [5.41, 5.74) is 0. The second-order valence-corrected chi connectivity index (χ2v) is 1.41. The van der Waals surface area contributed by atoms with Crippen LogP contribution in [0.4, 0.5) is 0 Å². The first kappa shape index (κ1) is 7.92. The lowest BCUT2D eigenvalue weighted by molar-refractivity contribution is -0.247. The fourth-order valence-corrected chi connectivity index (χ4v) is 0.427. The van der Waals surface area contributed by atoms with Crippen LogP contribution in [0.3, 0.4) is 0 Å². The van der Waals surface area contributed by atoms with Gasteiger partial charge >= 0.3 is 0 Å². The van der Waals surface area contributed by atoms with Gasteiger partial charge in [0.05, 0.1) is 0 Å². The summed E-state index contributed by atoms with van der Waals surface area (Å²) in [5.74, 6) is 0. The van der Waals surface area contributed by atoms with Gasteiger partial charge in [0.2, 0.25) is 7.11 Å². The van der Waals surface area contributed by atoms with E-state index in [1.54, 1.807) is 0 Å². The Hall–Kier alpha value is -0.0800. The van der Waals surface area contributed by atoms with Gasteiger partial charge in [-0.1, -0.05) is 13.8 Å². The summed E-state index contributed by atoms with van der Waals surface area (Å²) in [7, 11) is 6.20. The third-order valence-electron chi connectivity index (χ3n) is 0.948. The van der Waals surface area contributed by atoms with Crippen molar-refractivity contribution in [1.82, 2.24) is 0 Å². The Morgan fingerprint density at radius 3 is 2.00 bits per heavy atom. The Bertz CT molecular complexity index is 41.8. The van der Waals surface area contributed by atoms with Crippen molar-refractivity contribution in [2.75, 3.05) is 0 Å². The maximum atomic E-state index is 6.20. The first-order chi connectivity index (χ1) is 3.85. The van der Waals surface area contributed by atoms with E-state index in [0.717, 1.165) is 18.9 Å². The standard InChI is InChI=1S/C6H10O2/c1-4-6(5-2)8-7-3/h4-5H2,1-2H3. The van der Waals surface area contributed by atoms with Gasteiger partial charge in [-0.2, -0.15) is 0 Å². The van der Waals surface area contributed by atoms with Crippen LogP contribution < -0.4 is 0 Å². The van der Waals surface area contributed by atoms with Crippen LogP contribution in [0.25, 0.3) is 0 Å². The Labute approximate surface area is 50.7 Å². The van der Waals surface area contributed by atoms with Crippen LogP contribution >= 0.6 is 0 Å². The van der Waals surface area contributed by atoms with Crippen LogP contribution in [0.5, 0.6) is 0 Å². The maximum absolute atomic E-state index is 6.20. The van der Waals surface area contributed by atoms with E-state index in [2.05, 4.69) is 9.78 Å². The molecule has 0 spiro atoms. The smallest absolute Gasteiger partial charge is 0.219 e. The van der Waals surface area contributed by atoms with Crippen LogP contribution in [0.1, 0.15) is 26.7 Å². The second-order valence-electron chi connectivity index (χ2n) is 1.41. The van der Waals surface area contributed by atoms with Crippen LogP contribution in [-0.4, -0.2) is 0 Å². The molecule has 0 rings (SSSR count). The highest BCUT2D eigenvalue weighted by molar-refractivity contribution is 4.70. The number of rotatable bonds is 4. The zero-order chi connectivity index (χ0) is 6.41. The van der Waals surface area contributed by atoms with E-state index < -0.39 is 0 Å². The van der Waals surface area contributed by atoms with Gasteiger partial charge in [-0.25, -0.2) is 9.78 Å². The van der Waals surface area contributed by atoms with Gasteiger partial charge in [-0.05, 0) is 12.8 Å². The topological polar surface area (TPSA) is 18.5 Å². The van der Waals surface area contributed by atoms with E-state index in [4.69, 9.17) is 7.11 Å². The molecule has 2 heteroatoms. The largest absolute Gasteiger partial charge is 0.226 e. The van der Waals surface area contributed by atoms with E-state index in [0.29, 0.717) is 0 Å². The first-order valence-electron chi connectivity index (χ1n) is 2.70. The van der Waals surface area contributed by atoms with Gasteiger partial charge in [0, 0.05) is 0 Å². The molecule has 0 bridgehead atoms. The first-order valence-corrected chi connectivity index (χ1v) is 2.70. The van der Waals surface area contributed by atoms with Crippen molar-refractivity contribution in [2.24, 2.45) is 0 Å². The SMILES string of the molecule is [C]OO[C](CC)CC. The molecule has 4 radical (unpaired) electrons. The van der Waals surface area contributed by atoms with Gasteiger partial charge in [0.1, 0.15) is 6.10 Å². The Morgan fingerprint density at radius 2 is 1.88 bits per heavy atom. The maximum Gasteiger partial charge on any atom is 0.219 e. The van der Waals surface area contributed by atoms with E-state index >= 15 is 0 Å². The lowest BCUT2D eigenvalue weighted by atomic mass is 10.2. The van der Waals surface area contributed by atoms with Gasteiger partial charge in [-0.3, -0.25) is 0 Å². The highest BCUT2D eigenvalue weighted by Gasteiger charge is 2.02. The fraction of sp³-hybridized carbons (Fsp3) is 0.667. The molecule has 0 saturated heterocycles. The Kier molecular flexibility index (Phi) is 5.01. The number of hydrogen-bond donors (Lipinski definition) is 0. The molecule has 0 aromatic rings. The summed E-state index contributed by atoms with van der Waals surface area (Å²) in [6, 6.07) is 0. The van der Waals surface area contributed by atoms with Crippen molar-refractivity contribution < 1.29 is 9.78 Å². The monoisotopic (exact) mass is 114 g/mol. The third-order valence-corrected chi connectivity index (χ3v) is 0.948. The van der Waals surface area contributed by atoms with Crippen molar-refractivity contribution in [3.8, 4) is 0 Å². The van der Waals surface area contributed by atoms with Gasteiger partial charge in [0.15, 0.2) is 0 Å². The van der Waals surface area contributed by atoms with Gasteiger partial charge < -0.3 is 0 Å². The zero-order valence-electron chi connectivity index (χ0n) is 5.23. The molecule has 0 heterocycles. The lowest BCUT2D eigenvalue weighted by Gasteiger charge is -2.06. The highest BCUT2D eigenvalue weighted by Crippen LogP contribution is 2.10. The summed E-state index contributed by atoms with van der Waals surface area (Å²) < 4.78 is 0. The van der Waals surface area contributed by atoms with Crippen LogP contribution in [0.2, 0.25) is 0 Å². The summed E-state index contributed by atoms with van der Waals surface area (Å²) in [6.07, 6.45) is 2.44. The molecule has 0 N–H and O–H groups in total. The summed E-state index contributed by atoms with van der Waals surface area (Å²) >= 11 is 0. The molecule has 0 aromatic carbocycles. The van der Waals surface area contributed by atoms with Gasteiger partial charge in [0.25, 0.3) is 0 Å². The van der Waals surface area contributed by atoms with Crippen LogP contribution in [0.15, 0.2) is 0 Å². The molecule has 0 aliphatic heterocycles. The predicted molar refractivity (Wildman–Crippen MR) is 29.2 cm³/mol. The van der Waals surface area contributed by atoms with E-state index in [-0.39, 0.29) is 0 Å². The van der Waals surface area contributed by atoms with Crippen molar-refractivity contribution in [3.63, 3.8) is 0 Å². The van der Waals surface area contributed by atoms with Crippen molar-refractivity contribution in [2.45, 2.75) is 26.7 Å². The molecule has 0 aliphatic carbocycles. The molecule has 8 heavy (non-hydrogen) atoms. The third kappa shape index (κ3) is 2.99. The summed E-state index contributed by atoms with van der Waals surface area (Å²) in [6.45, 7) is 3.91. The molecular formula is C6H10O2. The molecule has 0 atom stereocenters. The molecule has 0 aliphatic rings. The van der Waals surface area contributed by atoms with Crippen molar-refractivity contribution in [1.29, 1.82) is 0 Å². The molecule has 0 unspecified atom stereocenters. The molecule has 46 valence electrons. The van der Waals surface area contributed by atoms with E-state index in [1.165, 1.54) is 0 Å². The van der Waals surface area contributed by atoms with E-state index in [9.17, 15) is 0 Å². The van der Waals surface area contributed by atoms with Crippen molar-refractivity contribution >= 4 is 0 Å². The minimum Gasteiger partial charge on any atom is -0.226 e. The molecule has 0 amide bonds. The normalized spacial score (nSPS) is 10.5. The molecule has 0 saturated carbocycles. The minimum atomic E-state index is 0.806. The van der Waals surface area contributed by atoms with E-state index in [1.807, 2.05) is 13.8 Å². The second kappa shape index (κ2) is 5.06. The van der Waals surface area contributed by atoms with Crippen molar-refractivity contribution in [3.05, 3.63) is 13.2 Å². The van der Waals surface area contributed by atoms with Gasteiger partial charge in [-0.15, -0.1) is 0 Å². The molecule has 2 nitrogen and oxygen atoms in total. The highest BCUT2D eigenvalue weighted by atomic mass is 17.2. The molecule has 0 aromatic heterocycles. The lowest BCUT2D eigenvalue weighted by Crippen LogP contribution is -1.97. The van der Waals surface area contributed by atoms with Crippen LogP contribution in [0, 0.1) is 13.2 Å². The fourth-order valence-electron chi connectivity index (χ4n) is 0.427. The van der Waals surface area contributed by atoms with Crippen LogP contribution in [-0.2, 0) is 9.78 Å². The quantitative estimate of drug-likeness (QED) is 0.410. The zero-order valence-corrected chi connectivity index (χ0v) is 5.23.